The van der Waals surface area contributed by atoms with Crippen LogP contribution in [0.1, 0.15) is 28.9 Å². The van der Waals surface area contributed by atoms with Crippen molar-refractivity contribution in [2.45, 2.75) is 25.4 Å². The lowest BCUT2D eigenvalue weighted by Gasteiger charge is -2.07. The molecule has 1 heterocycles. The highest BCUT2D eigenvalue weighted by Gasteiger charge is 2.20. The Bertz CT molecular complexity index is 648. The molecule has 0 spiro atoms. The Hall–Kier alpha value is -2.21. The zero-order valence-electron chi connectivity index (χ0n) is 10.8. The van der Waals surface area contributed by atoms with Crippen LogP contribution in [-0.2, 0) is 6.54 Å². The fourth-order valence-electron chi connectivity index (χ4n) is 2.02. The normalized spacial score (nSPS) is 14.4. The Morgan fingerprint density at radius 2 is 2.25 bits per heavy atom. The predicted molar refractivity (Wildman–Crippen MR) is 71.9 cm³/mol. The molecule has 104 valence electrons. The highest BCUT2D eigenvalue weighted by atomic mass is 19.1. The molecule has 1 aliphatic carbocycles. The molecule has 0 unspecified atom stereocenters. The summed E-state index contributed by atoms with van der Waals surface area (Å²) in [4.78, 5) is 11.0. The summed E-state index contributed by atoms with van der Waals surface area (Å²) < 4.78 is 15.1. The van der Waals surface area contributed by atoms with Crippen molar-refractivity contribution in [3.63, 3.8) is 0 Å². The molecule has 0 aliphatic heterocycles. The number of aromatic nitrogens is 2. The lowest BCUT2D eigenvalue weighted by atomic mass is 10.2. The highest BCUT2D eigenvalue weighted by molar-refractivity contribution is 5.90. The van der Waals surface area contributed by atoms with Crippen LogP contribution in [0.2, 0.25) is 0 Å². The summed E-state index contributed by atoms with van der Waals surface area (Å²) in [5.41, 5.74) is 6.74. The summed E-state index contributed by atoms with van der Waals surface area (Å²) in [7, 11) is 0. The van der Waals surface area contributed by atoms with E-state index < -0.39 is 5.91 Å². The number of hydrogen-bond acceptors (Lipinski definition) is 3. The Balaban J connectivity index is 1.84. The number of nitrogens with two attached hydrogens (primary N) is 1. The monoisotopic (exact) mass is 274 g/mol. The zero-order chi connectivity index (χ0) is 14.1. The van der Waals surface area contributed by atoms with E-state index in [1.54, 1.807) is 6.20 Å². The molecular weight excluding hydrogens is 259 g/mol. The fourth-order valence-corrected chi connectivity index (χ4v) is 2.02. The van der Waals surface area contributed by atoms with Crippen LogP contribution >= 0.6 is 0 Å². The van der Waals surface area contributed by atoms with Gasteiger partial charge in [0.25, 0.3) is 5.91 Å². The first-order valence-corrected chi connectivity index (χ1v) is 6.50. The minimum absolute atomic E-state index is 0.159. The molecule has 20 heavy (non-hydrogen) atoms. The van der Waals surface area contributed by atoms with Gasteiger partial charge in [-0.05, 0) is 42.7 Å². The molecule has 5 nitrogen and oxygen atoms in total. The van der Waals surface area contributed by atoms with Gasteiger partial charge in [-0.3, -0.25) is 4.79 Å². The number of primary amides is 1. The lowest BCUT2D eigenvalue weighted by molar-refractivity contribution is 0.0995. The molecule has 0 atom stereocenters. The predicted octanol–water partition coefficient (Wildman–Crippen LogP) is 1.36. The van der Waals surface area contributed by atoms with Crippen molar-refractivity contribution in [1.82, 2.24) is 15.1 Å². The Labute approximate surface area is 115 Å². The van der Waals surface area contributed by atoms with Gasteiger partial charge in [0.05, 0.1) is 5.69 Å². The molecule has 0 bridgehead atoms. The molecule has 1 fully saturated rings. The van der Waals surface area contributed by atoms with E-state index in [0.717, 1.165) is 5.56 Å². The topological polar surface area (TPSA) is 72.9 Å². The van der Waals surface area contributed by atoms with Crippen molar-refractivity contribution in [3.05, 3.63) is 47.5 Å². The second-order valence-corrected chi connectivity index (χ2v) is 4.98. The Morgan fingerprint density at radius 1 is 1.45 bits per heavy atom. The molecule has 1 aliphatic rings. The summed E-state index contributed by atoms with van der Waals surface area (Å²) in [6.45, 7) is 0.624. The first kappa shape index (κ1) is 12.8. The van der Waals surface area contributed by atoms with Crippen LogP contribution in [0, 0.1) is 5.82 Å². The van der Waals surface area contributed by atoms with Gasteiger partial charge in [-0.1, -0.05) is 0 Å². The summed E-state index contributed by atoms with van der Waals surface area (Å²) in [5.74, 6) is -0.929. The van der Waals surface area contributed by atoms with Gasteiger partial charge in [0, 0.05) is 18.8 Å². The number of hydrogen-bond donors (Lipinski definition) is 2. The van der Waals surface area contributed by atoms with Gasteiger partial charge in [-0.15, -0.1) is 0 Å². The number of benzene rings is 1. The Morgan fingerprint density at radius 3 is 2.90 bits per heavy atom. The number of nitrogens with one attached hydrogen (secondary N) is 1. The van der Waals surface area contributed by atoms with Gasteiger partial charge in [0.15, 0.2) is 0 Å². The molecule has 1 aromatic heterocycles. The molecule has 1 amide bonds. The maximum absolute atomic E-state index is 13.7. The number of rotatable bonds is 5. The SMILES string of the molecule is NC(=O)c1ccn(-c2cc(F)cc(CNC3CC3)c2)n1. The first-order chi connectivity index (χ1) is 9.61. The van der Waals surface area contributed by atoms with Crippen LogP contribution in [0.4, 0.5) is 4.39 Å². The van der Waals surface area contributed by atoms with E-state index in [1.165, 1.54) is 35.7 Å². The summed E-state index contributed by atoms with van der Waals surface area (Å²) >= 11 is 0. The van der Waals surface area contributed by atoms with E-state index in [-0.39, 0.29) is 11.5 Å². The number of amides is 1. The fraction of sp³-hybridized carbons (Fsp3) is 0.286. The minimum Gasteiger partial charge on any atom is -0.364 e. The molecule has 0 saturated heterocycles. The van der Waals surface area contributed by atoms with Gasteiger partial charge in [-0.25, -0.2) is 9.07 Å². The van der Waals surface area contributed by atoms with Crippen molar-refractivity contribution in [1.29, 1.82) is 0 Å². The first-order valence-electron chi connectivity index (χ1n) is 6.50. The van der Waals surface area contributed by atoms with Crippen LogP contribution < -0.4 is 11.1 Å². The number of halogens is 1. The lowest BCUT2D eigenvalue weighted by Crippen LogP contribution is -2.15. The largest absolute Gasteiger partial charge is 0.364 e. The summed E-state index contributed by atoms with van der Waals surface area (Å²) in [6, 6.07) is 6.79. The van der Waals surface area contributed by atoms with Crippen LogP contribution in [0.25, 0.3) is 5.69 Å². The third-order valence-corrected chi connectivity index (χ3v) is 3.22. The summed E-state index contributed by atoms with van der Waals surface area (Å²) in [6.07, 6.45) is 3.96. The molecule has 2 aromatic rings. The van der Waals surface area contributed by atoms with E-state index in [0.29, 0.717) is 18.3 Å². The van der Waals surface area contributed by atoms with Crippen molar-refractivity contribution in [3.8, 4) is 5.69 Å². The van der Waals surface area contributed by atoms with E-state index in [1.807, 2.05) is 6.07 Å². The van der Waals surface area contributed by atoms with Crippen molar-refractivity contribution in [2.75, 3.05) is 0 Å². The van der Waals surface area contributed by atoms with E-state index in [2.05, 4.69) is 10.4 Å². The average Bonchev–Trinajstić information content (AvgIpc) is 3.09. The highest BCUT2D eigenvalue weighted by Crippen LogP contribution is 2.20. The second-order valence-electron chi connectivity index (χ2n) is 4.98. The van der Waals surface area contributed by atoms with Crippen LogP contribution in [0.15, 0.2) is 30.5 Å². The third-order valence-electron chi connectivity index (χ3n) is 3.22. The van der Waals surface area contributed by atoms with Gasteiger partial charge < -0.3 is 11.1 Å². The Kier molecular flexibility index (Phi) is 3.23. The molecule has 0 radical (unpaired) electrons. The number of nitrogens with zero attached hydrogens (tertiary/aromatic N) is 2. The maximum Gasteiger partial charge on any atom is 0.269 e. The minimum atomic E-state index is -0.601. The van der Waals surface area contributed by atoms with Gasteiger partial charge >= 0.3 is 0 Å². The zero-order valence-corrected chi connectivity index (χ0v) is 10.8. The van der Waals surface area contributed by atoms with E-state index in [4.69, 9.17) is 5.73 Å². The van der Waals surface area contributed by atoms with Crippen LogP contribution in [-0.4, -0.2) is 21.7 Å². The van der Waals surface area contributed by atoms with Gasteiger partial charge in [0.2, 0.25) is 0 Å². The van der Waals surface area contributed by atoms with Crippen LogP contribution in [0.5, 0.6) is 0 Å². The van der Waals surface area contributed by atoms with Crippen molar-refractivity contribution >= 4 is 5.91 Å². The average molecular weight is 274 g/mol. The quantitative estimate of drug-likeness (QED) is 0.864. The number of carbonyl (C=O) groups is 1. The molecule has 3 N–H and O–H groups in total. The standard InChI is InChI=1S/C14H15FN4O/c15-10-5-9(8-17-11-1-2-11)6-12(7-10)19-4-3-13(18-19)14(16)20/h3-7,11,17H,1-2,8H2,(H2,16,20). The smallest absolute Gasteiger partial charge is 0.269 e. The second kappa shape index (κ2) is 5.05. The summed E-state index contributed by atoms with van der Waals surface area (Å²) in [5, 5.41) is 7.36. The van der Waals surface area contributed by atoms with Gasteiger partial charge in [0.1, 0.15) is 11.5 Å². The van der Waals surface area contributed by atoms with E-state index in [9.17, 15) is 9.18 Å². The maximum atomic E-state index is 13.7. The van der Waals surface area contributed by atoms with Gasteiger partial charge in [-0.2, -0.15) is 5.10 Å². The van der Waals surface area contributed by atoms with Crippen molar-refractivity contribution in [2.24, 2.45) is 5.73 Å². The number of carbonyl (C=O) groups excluding carboxylic acids is 1. The third kappa shape index (κ3) is 2.85. The molecule has 6 heteroatoms. The molecule has 1 saturated carbocycles. The molecule has 3 rings (SSSR count). The molecule has 1 aromatic carbocycles. The van der Waals surface area contributed by atoms with Crippen LogP contribution in [0.3, 0.4) is 0 Å². The van der Waals surface area contributed by atoms with E-state index >= 15 is 0 Å². The van der Waals surface area contributed by atoms with Crippen molar-refractivity contribution < 1.29 is 9.18 Å². The molecular formula is C14H15FN4O.